The maximum Gasteiger partial charge on any atom is 0.460 e. The van der Waals surface area contributed by atoms with Gasteiger partial charge < -0.3 is 14.9 Å². The predicted octanol–water partition coefficient (Wildman–Crippen LogP) is 5.56. The first kappa shape index (κ1) is 34.4. The minimum Gasteiger partial charge on any atom is -0.396 e. The smallest absolute Gasteiger partial charge is 0.396 e. The van der Waals surface area contributed by atoms with Crippen molar-refractivity contribution in [2.24, 2.45) is 5.41 Å². The van der Waals surface area contributed by atoms with Crippen LogP contribution in [0.5, 0.6) is 0 Å². The summed E-state index contributed by atoms with van der Waals surface area (Å²) in [5, 5.41) is 17.8. The molecular weight excluding hydrogens is 563 g/mol. The first-order valence-electron chi connectivity index (χ1n) is 8.76. The first-order chi connectivity index (χ1) is 15.6. The lowest BCUT2D eigenvalue weighted by molar-refractivity contribution is -0.459. The van der Waals surface area contributed by atoms with Crippen molar-refractivity contribution in [1.29, 1.82) is 0 Å². The highest BCUT2D eigenvalue weighted by Gasteiger charge is 2.95. The number of allylic oxidation sites excluding steroid dienone is 1. The van der Waals surface area contributed by atoms with E-state index in [0.29, 0.717) is 0 Å². The highest BCUT2D eigenvalue weighted by molar-refractivity contribution is 5.18. The van der Waals surface area contributed by atoms with Gasteiger partial charge in [0.15, 0.2) is 0 Å². The van der Waals surface area contributed by atoms with Gasteiger partial charge in [0.1, 0.15) is 0 Å². The second-order valence-corrected chi connectivity index (χ2v) is 7.61. The zero-order valence-corrected chi connectivity index (χ0v) is 17.2. The summed E-state index contributed by atoms with van der Waals surface area (Å²) in [6, 6.07) is 0. The molecule has 0 radical (unpaired) electrons. The lowest BCUT2D eigenvalue weighted by Gasteiger charge is -2.42. The largest absolute Gasteiger partial charge is 0.460 e. The quantitative estimate of drug-likeness (QED) is 0.171. The van der Waals surface area contributed by atoms with E-state index < -0.39 is 85.6 Å². The van der Waals surface area contributed by atoms with Gasteiger partial charge in [-0.25, -0.2) is 0 Å². The van der Waals surface area contributed by atoms with Gasteiger partial charge in [-0.05, 0) is 6.08 Å². The molecule has 0 amide bonds. The zero-order chi connectivity index (χ0) is 29.4. The Balaban J connectivity index is 6.20. The summed E-state index contributed by atoms with van der Waals surface area (Å²) < 4.78 is 227. The summed E-state index contributed by atoms with van der Waals surface area (Å²) in [7, 11) is 0. The zero-order valence-electron chi connectivity index (χ0n) is 17.2. The highest BCUT2D eigenvalue weighted by Crippen LogP contribution is 2.64. The van der Waals surface area contributed by atoms with E-state index in [9.17, 15) is 74.6 Å². The lowest BCUT2D eigenvalue weighted by atomic mass is 9.89. The lowest BCUT2D eigenvalue weighted by Crippen LogP contribution is -2.74. The summed E-state index contributed by atoms with van der Waals surface area (Å²) in [6.07, 6.45) is -9.46. The third-order valence-corrected chi connectivity index (χ3v) is 4.50. The van der Waals surface area contributed by atoms with E-state index >= 15 is 0 Å². The number of aliphatic hydroxyl groups is 2. The second-order valence-electron chi connectivity index (χ2n) is 7.61. The molecule has 0 saturated carbocycles. The van der Waals surface area contributed by atoms with Crippen LogP contribution in [-0.4, -0.2) is 84.3 Å². The van der Waals surface area contributed by atoms with Gasteiger partial charge in [-0.1, -0.05) is 13.0 Å². The van der Waals surface area contributed by atoms with Crippen LogP contribution in [0.15, 0.2) is 12.2 Å². The molecule has 0 aliphatic carbocycles. The molecule has 0 unspecified atom stereocenters. The molecular formula is C16H15F17O3. The van der Waals surface area contributed by atoms with Gasteiger partial charge in [0.05, 0.1) is 26.4 Å². The fraction of sp³-hybridized carbons (Fsp3) is 0.875. The first-order valence-corrected chi connectivity index (χ1v) is 8.76. The molecule has 0 aromatic carbocycles. The van der Waals surface area contributed by atoms with E-state index in [1.165, 1.54) is 0 Å². The van der Waals surface area contributed by atoms with Crippen LogP contribution in [0.2, 0.25) is 0 Å². The molecule has 0 spiro atoms. The molecule has 0 bridgehead atoms. The molecule has 0 aromatic heterocycles. The minimum absolute atomic E-state index is 0.304. The standard InChI is InChI=1S/C16H15F17O3/c1-8(5-34,6-35)7-36-4-2-3-9(17,18)10(19,20)11(21,22)12(23,24)13(25,26)14(27,28)15(29,30)16(31,32)33/h2-3,34-35H,4-7H2,1H3/b3-2+. The minimum atomic E-state index is -8.67. The molecule has 0 aromatic rings. The summed E-state index contributed by atoms with van der Waals surface area (Å²) >= 11 is 0. The molecule has 0 heterocycles. The highest BCUT2D eigenvalue weighted by atomic mass is 19.4. The van der Waals surface area contributed by atoms with Gasteiger partial charge >= 0.3 is 47.6 Å². The number of alkyl halides is 17. The van der Waals surface area contributed by atoms with Crippen molar-refractivity contribution in [1.82, 2.24) is 0 Å². The molecule has 0 fully saturated rings. The average Bonchev–Trinajstić information content (AvgIpc) is 2.71. The van der Waals surface area contributed by atoms with Crippen molar-refractivity contribution in [2.45, 2.75) is 54.6 Å². The summed E-state index contributed by atoms with van der Waals surface area (Å²) in [5.41, 5.74) is -1.45. The van der Waals surface area contributed by atoms with Crippen molar-refractivity contribution >= 4 is 0 Å². The van der Waals surface area contributed by atoms with Crippen molar-refractivity contribution in [2.75, 3.05) is 26.4 Å². The van der Waals surface area contributed by atoms with Crippen LogP contribution in [-0.2, 0) is 4.74 Å². The van der Waals surface area contributed by atoms with Crippen LogP contribution in [0.25, 0.3) is 0 Å². The van der Waals surface area contributed by atoms with Crippen LogP contribution in [0.3, 0.4) is 0 Å². The molecule has 20 heteroatoms. The van der Waals surface area contributed by atoms with Crippen LogP contribution in [0.1, 0.15) is 6.92 Å². The number of rotatable bonds is 13. The summed E-state index contributed by atoms with van der Waals surface area (Å²) in [5.74, 6) is -56.8. The van der Waals surface area contributed by atoms with Crippen molar-refractivity contribution < 1.29 is 89.6 Å². The summed E-state index contributed by atoms with van der Waals surface area (Å²) in [6.45, 7) is -2.45. The molecule has 0 rings (SSSR count). The number of hydrogen-bond acceptors (Lipinski definition) is 3. The van der Waals surface area contributed by atoms with Crippen molar-refractivity contribution in [3.63, 3.8) is 0 Å². The van der Waals surface area contributed by atoms with E-state index in [1.54, 1.807) is 0 Å². The predicted molar refractivity (Wildman–Crippen MR) is 82.9 cm³/mol. The molecule has 216 valence electrons. The molecule has 36 heavy (non-hydrogen) atoms. The number of halogens is 17. The molecule has 3 nitrogen and oxygen atoms in total. The average molecular weight is 578 g/mol. The Hall–Kier alpha value is -1.57. The van der Waals surface area contributed by atoms with Crippen molar-refractivity contribution in [3.8, 4) is 0 Å². The Morgan fingerprint density at radius 2 is 0.889 bits per heavy atom. The van der Waals surface area contributed by atoms with Crippen LogP contribution in [0.4, 0.5) is 74.6 Å². The van der Waals surface area contributed by atoms with Crippen LogP contribution >= 0.6 is 0 Å². The SMILES string of the molecule is CC(CO)(CO)COC/C=C/C(F)(F)C(F)(F)C(F)(F)C(F)(F)C(F)(F)C(F)(F)C(F)(F)C(F)(F)F. The monoisotopic (exact) mass is 578 g/mol. The van der Waals surface area contributed by atoms with Gasteiger partial charge in [0.25, 0.3) is 0 Å². The normalized spacial score (nSPS) is 16.2. The van der Waals surface area contributed by atoms with Gasteiger partial charge in [-0.2, -0.15) is 74.6 Å². The molecule has 0 saturated heterocycles. The Morgan fingerprint density at radius 3 is 1.22 bits per heavy atom. The fourth-order valence-corrected chi connectivity index (χ4v) is 1.99. The second kappa shape index (κ2) is 9.95. The molecule has 2 N–H and O–H groups in total. The third kappa shape index (κ3) is 5.34. The maximum atomic E-state index is 13.6. The van der Waals surface area contributed by atoms with E-state index in [2.05, 4.69) is 4.74 Å². The Bertz CT molecular complexity index is 768. The van der Waals surface area contributed by atoms with Gasteiger partial charge in [0.2, 0.25) is 0 Å². The van der Waals surface area contributed by atoms with E-state index in [4.69, 9.17) is 10.2 Å². The molecule has 0 atom stereocenters. The van der Waals surface area contributed by atoms with E-state index in [-0.39, 0.29) is 6.08 Å². The Morgan fingerprint density at radius 1 is 0.556 bits per heavy atom. The van der Waals surface area contributed by atoms with Gasteiger partial charge in [0, 0.05) is 5.41 Å². The molecule has 0 aliphatic rings. The number of hydrogen-bond donors (Lipinski definition) is 2. The van der Waals surface area contributed by atoms with Crippen LogP contribution in [0, 0.1) is 5.41 Å². The van der Waals surface area contributed by atoms with Crippen LogP contribution < -0.4 is 0 Å². The summed E-state index contributed by atoms with van der Waals surface area (Å²) in [4.78, 5) is 0. The number of aliphatic hydroxyl groups excluding tert-OH is 2. The maximum absolute atomic E-state index is 13.6. The van der Waals surface area contributed by atoms with Gasteiger partial charge in [-0.15, -0.1) is 0 Å². The third-order valence-electron chi connectivity index (χ3n) is 4.50. The topological polar surface area (TPSA) is 49.7 Å². The molecule has 0 aliphatic heterocycles. The van der Waals surface area contributed by atoms with Crippen molar-refractivity contribution in [3.05, 3.63) is 12.2 Å². The number of ether oxygens (including phenoxy) is 1. The van der Waals surface area contributed by atoms with E-state index in [1.807, 2.05) is 0 Å². The Kier molecular flexibility index (Phi) is 9.52. The fourth-order valence-electron chi connectivity index (χ4n) is 1.99. The van der Waals surface area contributed by atoms with E-state index in [0.717, 1.165) is 6.92 Å². The van der Waals surface area contributed by atoms with Gasteiger partial charge in [-0.3, -0.25) is 0 Å². The Labute approximate surface area is 189 Å².